The van der Waals surface area contributed by atoms with Gasteiger partial charge in [0.05, 0.1) is 19.8 Å². The lowest BCUT2D eigenvalue weighted by molar-refractivity contribution is -0.131. The van der Waals surface area contributed by atoms with E-state index in [-0.39, 0.29) is 25.7 Å². The second-order valence-electron chi connectivity index (χ2n) is 5.17. The van der Waals surface area contributed by atoms with Gasteiger partial charge in [-0.3, -0.25) is 4.79 Å². The van der Waals surface area contributed by atoms with Crippen LogP contribution < -0.4 is 0 Å². The minimum Gasteiger partial charge on any atom is -0.396 e. The molecule has 0 saturated carbocycles. The van der Waals surface area contributed by atoms with Gasteiger partial charge in [-0.2, -0.15) is 0 Å². The van der Waals surface area contributed by atoms with Crippen LogP contribution in [0.25, 0.3) is 0 Å². The summed E-state index contributed by atoms with van der Waals surface area (Å²) >= 11 is 0. The maximum Gasteiger partial charge on any atom is 0.222 e. The van der Waals surface area contributed by atoms with Crippen LogP contribution in [0.2, 0.25) is 0 Å². The Morgan fingerprint density at radius 1 is 1.00 bits per heavy atom. The number of amides is 1. The molecule has 114 valence electrons. The van der Waals surface area contributed by atoms with E-state index in [1.54, 1.807) is 0 Å². The normalized spacial score (nSPS) is 11.6. The molecule has 0 aromatic heterocycles. The molecule has 3 N–H and O–H groups in total. The number of nitrogens with zero attached hydrogens (tertiary/aromatic N) is 1. The second-order valence-corrected chi connectivity index (χ2v) is 5.17. The van der Waals surface area contributed by atoms with E-state index in [0.29, 0.717) is 19.4 Å². The van der Waals surface area contributed by atoms with Crippen LogP contribution in [-0.4, -0.2) is 59.0 Å². The van der Waals surface area contributed by atoms with Gasteiger partial charge >= 0.3 is 0 Å². The second kappa shape index (κ2) is 10.2. The molecule has 0 atom stereocenters. The molecule has 0 radical (unpaired) electrons. The fourth-order valence-corrected chi connectivity index (χ4v) is 2.04. The summed E-state index contributed by atoms with van der Waals surface area (Å²) in [5, 5.41) is 27.6. The molecule has 0 aliphatic carbocycles. The van der Waals surface area contributed by atoms with E-state index in [9.17, 15) is 20.1 Å². The first-order chi connectivity index (χ1) is 9.09. The predicted molar refractivity (Wildman–Crippen MR) is 74.7 cm³/mol. The Balaban J connectivity index is 4.08. The van der Waals surface area contributed by atoms with E-state index in [0.717, 1.165) is 25.8 Å². The quantitative estimate of drug-likeness (QED) is 0.487. The van der Waals surface area contributed by atoms with Crippen LogP contribution in [-0.2, 0) is 4.79 Å². The summed E-state index contributed by atoms with van der Waals surface area (Å²) in [6.45, 7) is 4.74. The molecule has 19 heavy (non-hydrogen) atoms. The maximum absolute atomic E-state index is 11.7. The lowest BCUT2D eigenvalue weighted by Gasteiger charge is -2.28. The SMILES string of the molecule is CCCN(CCCCC(CO)(CO)CO)C(=O)CC. The third-order valence-electron chi connectivity index (χ3n) is 3.54. The van der Waals surface area contributed by atoms with Crippen LogP contribution in [0.3, 0.4) is 0 Å². The number of hydrogen-bond donors (Lipinski definition) is 3. The Labute approximate surface area is 116 Å². The summed E-state index contributed by atoms with van der Waals surface area (Å²) in [6, 6.07) is 0. The highest BCUT2D eigenvalue weighted by Gasteiger charge is 2.27. The van der Waals surface area contributed by atoms with Crippen molar-refractivity contribution in [3.05, 3.63) is 0 Å². The van der Waals surface area contributed by atoms with Crippen molar-refractivity contribution >= 4 is 5.91 Å². The summed E-state index contributed by atoms with van der Waals surface area (Å²) in [4.78, 5) is 13.5. The highest BCUT2D eigenvalue weighted by molar-refractivity contribution is 5.75. The number of aliphatic hydroxyl groups is 3. The van der Waals surface area contributed by atoms with E-state index < -0.39 is 5.41 Å². The first-order valence-corrected chi connectivity index (χ1v) is 7.19. The van der Waals surface area contributed by atoms with E-state index in [4.69, 9.17) is 0 Å². The Morgan fingerprint density at radius 3 is 2.00 bits per heavy atom. The fraction of sp³-hybridized carbons (Fsp3) is 0.929. The number of aliphatic hydroxyl groups excluding tert-OH is 3. The van der Waals surface area contributed by atoms with Gasteiger partial charge in [-0.25, -0.2) is 0 Å². The molecule has 0 aliphatic heterocycles. The number of carbonyl (C=O) groups is 1. The molecule has 5 heteroatoms. The smallest absolute Gasteiger partial charge is 0.222 e. The minimum atomic E-state index is -0.787. The van der Waals surface area contributed by atoms with Gasteiger partial charge in [0.15, 0.2) is 0 Å². The summed E-state index contributed by atoms with van der Waals surface area (Å²) < 4.78 is 0. The Morgan fingerprint density at radius 2 is 1.58 bits per heavy atom. The van der Waals surface area contributed by atoms with Crippen LogP contribution in [0.5, 0.6) is 0 Å². The molecule has 0 fully saturated rings. The number of hydrogen-bond acceptors (Lipinski definition) is 4. The largest absolute Gasteiger partial charge is 0.396 e. The van der Waals surface area contributed by atoms with Crippen molar-refractivity contribution < 1.29 is 20.1 Å². The third-order valence-corrected chi connectivity index (χ3v) is 3.54. The number of rotatable bonds is 11. The van der Waals surface area contributed by atoms with Crippen LogP contribution in [0.4, 0.5) is 0 Å². The maximum atomic E-state index is 11.7. The van der Waals surface area contributed by atoms with Crippen molar-refractivity contribution in [3.8, 4) is 0 Å². The van der Waals surface area contributed by atoms with E-state index in [1.807, 2.05) is 18.7 Å². The highest BCUT2D eigenvalue weighted by atomic mass is 16.3. The average molecular weight is 275 g/mol. The molecule has 0 bridgehead atoms. The summed E-state index contributed by atoms with van der Waals surface area (Å²) in [7, 11) is 0. The molecule has 0 spiro atoms. The molecule has 0 aromatic rings. The Kier molecular flexibility index (Phi) is 9.83. The monoisotopic (exact) mass is 275 g/mol. The highest BCUT2D eigenvalue weighted by Crippen LogP contribution is 2.23. The number of carbonyl (C=O) groups excluding carboxylic acids is 1. The predicted octanol–water partition coefficient (Wildman–Crippen LogP) is 0.769. The van der Waals surface area contributed by atoms with Gasteiger partial charge in [-0.05, 0) is 19.3 Å². The fourth-order valence-electron chi connectivity index (χ4n) is 2.04. The standard InChI is InChI=1S/C14H29NO4/c1-3-8-15(13(19)4-2)9-6-5-7-14(10-16,11-17)12-18/h16-18H,3-12H2,1-2H3. The molecule has 0 heterocycles. The Bertz CT molecular complexity index is 233. The molecule has 5 nitrogen and oxygen atoms in total. The third kappa shape index (κ3) is 6.36. The lowest BCUT2D eigenvalue weighted by atomic mass is 9.85. The van der Waals surface area contributed by atoms with E-state index in [2.05, 4.69) is 0 Å². The van der Waals surface area contributed by atoms with Crippen molar-refractivity contribution in [1.29, 1.82) is 0 Å². The van der Waals surface area contributed by atoms with Crippen LogP contribution >= 0.6 is 0 Å². The zero-order valence-corrected chi connectivity index (χ0v) is 12.3. The zero-order chi connectivity index (χ0) is 14.7. The van der Waals surface area contributed by atoms with Gasteiger partial charge in [-0.15, -0.1) is 0 Å². The molecule has 0 unspecified atom stereocenters. The summed E-state index contributed by atoms with van der Waals surface area (Å²) in [6.07, 6.45) is 3.64. The van der Waals surface area contributed by atoms with Crippen molar-refractivity contribution in [2.75, 3.05) is 32.9 Å². The molecular weight excluding hydrogens is 246 g/mol. The van der Waals surface area contributed by atoms with Gasteiger partial charge in [-0.1, -0.05) is 20.3 Å². The Hall–Kier alpha value is -0.650. The van der Waals surface area contributed by atoms with Crippen molar-refractivity contribution in [2.45, 2.75) is 46.0 Å². The molecular formula is C14H29NO4. The van der Waals surface area contributed by atoms with Gasteiger partial charge in [0.1, 0.15) is 0 Å². The van der Waals surface area contributed by atoms with Crippen molar-refractivity contribution in [2.24, 2.45) is 5.41 Å². The van der Waals surface area contributed by atoms with E-state index >= 15 is 0 Å². The van der Waals surface area contributed by atoms with Gasteiger partial charge in [0, 0.05) is 24.9 Å². The lowest BCUT2D eigenvalue weighted by Crippen LogP contribution is -2.35. The van der Waals surface area contributed by atoms with Gasteiger partial charge in [0.25, 0.3) is 0 Å². The molecule has 0 saturated heterocycles. The summed E-state index contributed by atoms with van der Waals surface area (Å²) in [5.74, 6) is 0.166. The molecule has 1 amide bonds. The average Bonchev–Trinajstić information content (AvgIpc) is 2.46. The first-order valence-electron chi connectivity index (χ1n) is 7.19. The van der Waals surface area contributed by atoms with Gasteiger partial charge in [0.2, 0.25) is 5.91 Å². The minimum absolute atomic E-state index is 0.166. The summed E-state index contributed by atoms with van der Waals surface area (Å²) in [5.41, 5.74) is -0.787. The first kappa shape index (κ1) is 18.4. The topological polar surface area (TPSA) is 81.0 Å². The molecule has 0 aliphatic rings. The zero-order valence-electron chi connectivity index (χ0n) is 12.3. The van der Waals surface area contributed by atoms with Gasteiger partial charge < -0.3 is 20.2 Å². The van der Waals surface area contributed by atoms with Crippen molar-refractivity contribution in [1.82, 2.24) is 4.90 Å². The van der Waals surface area contributed by atoms with Crippen LogP contribution in [0.1, 0.15) is 46.0 Å². The van der Waals surface area contributed by atoms with Crippen LogP contribution in [0.15, 0.2) is 0 Å². The van der Waals surface area contributed by atoms with Crippen LogP contribution in [0, 0.1) is 5.41 Å². The molecule has 0 aromatic carbocycles. The number of unbranched alkanes of at least 4 members (excludes halogenated alkanes) is 1. The molecule has 0 rings (SSSR count). The van der Waals surface area contributed by atoms with Crippen molar-refractivity contribution in [3.63, 3.8) is 0 Å². The van der Waals surface area contributed by atoms with E-state index in [1.165, 1.54) is 0 Å².